The minimum atomic E-state index is -1.12. The van der Waals surface area contributed by atoms with Gasteiger partial charge in [0.05, 0.1) is 6.42 Å². The highest BCUT2D eigenvalue weighted by atomic mass is 16.5. The van der Waals surface area contributed by atoms with Gasteiger partial charge < -0.3 is 25.8 Å². The van der Waals surface area contributed by atoms with Crippen molar-refractivity contribution >= 4 is 23.8 Å². The number of likely N-dealkylation sites (tertiary alicyclic amines) is 1. The summed E-state index contributed by atoms with van der Waals surface area (Å²) >= 11 is 0. The van der Waals surface area contributed by atoms with Crippen molar-refractivity contribution in [2.75, 3.05) is 0 Å². The third-order valence-electron chi connectivity index (χ3n) is 9.23. The number of carbonyl (C=O) groups is 4. The Balaban J connectivity index is 2.19. The van der Waals surface area contributed by atoms with Gasteiger partial charge in [0.2, 0.25) is 11.8 Å². The summed E-state index contributed by atoms with van der Waals surface area (Å²) in [5.74, 6) is -2.09. The summed E-state index contributed by atoms with van der Waals surface area (Å²) in [6, 6.07) is -2.56. The van der Waals surface area contributed by atoms with E-state index in [-0.39, 0.29) is 36.1 Å². The van der Waals surface area contributed by atoms with Crippen molar-refractivity contribution < 1.29 is 29.0 Å². The summed E-state index contributed by atoms with van der Waals surface area (Å²) in [6.45, 7) is 9.54. The first-order chi connectivity index (χ1) is 19.0. The van der Waals surface area contributed by atoms with Crippen LogP contribution in [0.3, 0.4) is 0 Å². The van der Waals surface area contributed by atoms with E-state index in [9.17, 15) is 24.3 Å². The molecule has 0 spiro atoms. The first-order valence-electron chi connectivity index (χ1n) is 15.8. The summed E-state index contributed by atoms with van der Waals surface area (Å²) in [5, 5.41) is 11.9. The van der Waals surface area contributed by atoms with Crippen LogP contribution < -0.4 is 11.1 Å². The van der Waals surface area contributed by atoms with E-state index in [1.807, 2.05) is 20.8 Å². The number of fused-ring (bicyclic) bond motifs is 1. The van der Waals surface area contributed by atoms with Crippen LogP contribution in [0.4, 0.5) is 0 Å². The van der Waals surface area contributed by atoms with Crippen LogP contribution >= 0.6 is 0 Å². The lowest BCUT2D eigenvalue weighted by Crippen LogP contribution is -2.53. The molecule has 230 valence electrons. The molecule has 0 aromatic carbocycles. The zero-order chi connectivity index (χ0) is 29.8. The fraction of sp³-hybridized carbons (Fsp3) is 0.871. The molecule has 2 unspecified atom stereocenters. The van der Waals surface area contributed by atoms with Crippen molar-refractivity contribution in [3.05, 3.63) is 0 Å². The second-order valence-corrected chi connectivity index (χ2v) is 12.4. The van der Waals surface area contributed by atoms with Gasteiger partial charge in [0.1, 0.15) is 24.2 Å². The summed E-state index contributed by atoms with van der Waals surface area (Å²) in [6.07, 6.45) is 12.2. The molecule has 2 amide bonds. The average molecular weight is 566 g/mol. The lowest BCUT2D eigenvalue weighted by molar-refractivity contribution is -0.158. The predicted molar refractivity (Wildman–Crippen MR) is 155 cm³/mol. The van der Waals surface area contributed by atoms with Crippen LogP contribution in [0.1, 0.15) is 125 Å². The van der Waals surface area contributed by atoms with Gasteiger partial charge in [-0.1, -0.05) is 85.5 Å². The Labute approximate surface area is 241 Å². The van der Waals surface area contributed by atoms with E-state index in [0.717, 1.165) is 51.4 Å². The molecule has 2 rings (SSSR count). The van der Waals surface area contributed by atoms with Gasteiger partial charge in [0.25, 0.3) is 0 Å². The minimum Gasteiger partial charge on any atom is -0.480 e. The first kappa shape index (κ1) is 34.0. The lowest BCUT2D eigenvalue weighted by atomic mass is 9.84. The van der Waals surface area contributed by atoms with Crippen molar-refractivity contribution in [1.29, 1.82) is 0 Å². The normalized spacial score (nSPS) is 24.4. The Hall–Kier alpha value is -2.16. The number of ether oxygens (including phenoxy) is 1. The maximum Gasteiger partial charge on any atom is 0.325 e. The second-order valence-electron chi connectivity index (χ2n) is 12.4. The molecule has 1 saturated heterocycles. The molecule has 1 aliphatic heterocycles. The van der Waals surface area contributed by atoms with Gasteiger partial charge in [-0.15, -0.1) is 0 Å². The number of hydrogen-bond donors (Lipinski definition) is 3. The minimum absolute atomic E-state index is 0.00253. The van der Waals surface area contributed by atoms with E-state index in [2.05, 4.69) is 12.2 Å². The van der Waals surface area contributed by atoms with Crippen LogP contribution in [0.5, 0.6) is 0 Å². The molecular formula is C31H55N3O6. The summed E-state index contributed by atoms with van der Waals surface area (Å²) in [5.41, 5.74) is 6.19. The second kappa shape index (κ2) is 16.9. The molecule has 0 radical (unpaired) electrons. The third kappa shape index (κ3) is 9.74. The van der Waals surface area contributed by atoms with E-state index < -0.39 is 42.1 Å². The molecule has 1 heterocycles. The fourth-order valence-electron chi connectivity index (χ4n) is 6.21. The number of carboxylic acid groups (broad SMARTS) is 1. The molecule has 0 aromatic heterocycles. The van der Waals surface area contributed by atoms with Crippen molar-refractivity contribution in [2.24, 2.45) is 23.5 Å². The van der Waals surface area contributed by atoms with Crippen molar-refractivity contribution in [3.8, 4) is 0 Å². The highest BCUT2D eigenvalue weighted by Gasteiger charge is 2.48. The maximum atomic E-state index is 13.9. The summed E-state index contributed by atoms with van der Waals surface area (Å²) < 4.78 is 5.96. The Kier molecular flexibility index (Phi) is 14.4. The molecule has 9 heteroatoms. The Bertz CT molecular complexity index is 836. The number of nitrogens with zero attached hydrogens (tertiary/aromatic N) is 1. The van der Waals surface area contributed by atoms with Gasteiger partial charge in [-0.3, -0.25) is 19.2 Å². The van der Waals surface area contributed by atoms with Crippen molar-refractivity contribution in [1.82, 2.24) is 10.2 Å². The Morgan fingerprint density at radius 3 is 2.27 bits per heavy atom. The average Bonchev–Trinajstić information content (AvgIpc) is 3.33. The highest BCUT2D eigenvalue weighted by Crippen LogP contribution is 2.40. The number of nitrogens with two attached hydrogens (primary N) is 1. The molecule has 2 aliphatic rings. The Morgan fingerprint density at radius 1 is 0.975 bits per heavy atom. The van der Waals surface area contributed by atoms with Crippen LogP contribution in [0.2, 0.25) is 0 Å². The maximum absolute atomic E-state index is 13.9. The number of aliphatic carboxylic acids is 1. The fourth-order valence-corrected chi connectivity index (χ4v) is 6.21. The molecule has 0 aromatic rings. The molecule has 40 heavy (non-hydrogen) atoms. The van der Waals surface area contributed by atoms with Gasteiger partial charge in [-0.2, -0.15) is 0 Å². The zero-order valence-electron chi connectivity index (χ0n) is 25.5. The Morgan fingerprint density at radius 2 is 1.62 bits per heavy atom. The smallest absolute Gasteiger partial charge is 0.325 e. The predicted octanol–water partition coefficient (Wildman–Crippen LogP) is 4.80. The van der Waals surface area contributed by atoms with Gasteiger partial charge in [-0.05, 0) is 50.4 Å². The molecule has 0 bridgehead atoms. The number of rotatable bonds is 17. The van der Waals surface area contributed by atoms with Crippen molar-refractivity contribution in [2.45, 2.75) is 155 Å². The summed E-state index contributed by atoms with van der Waals surface area (Å²) in [4.78, 5) is 53.2. The molecule has 1 saturated carbocycles. The molecule has 8 atom stereocenters. The topological polar surface area (TPSA) is 139 Å². The largest absolute Gasteiger partial charge is 0.480 e. The van der Waals surface area contributed by atoms with E-state index in [1.165, 1.54) is 32.6 Å². The number of nitrogens with one attached hydrogen (secondary N) is 1. The van der Waals surface area contributed by atoms with E-state index >= 15 is 0 Å². The molecule has 2 fully saturated rings. The van der Waals surface area contributed by atoms with E-state index in [1.54, 1.807) is 4.90 Å². The summed E-state index contributed by atoms with van der Waals surface area (Å²) in [7, 11) is 0. The van der Waals surface area contributed by atoms with Gasteiger partial charge in [0.15, 0.2) is 0 Å². The van der Waals surface area contributed by atoms with Crippen LogP contribution in [0, 0.1) is 17.8 Å². The van der Waals surface area contributed by atoms with Crippen LogP contribution in [-0.4, -0.2) is 64.0 Å². The quantitative estimate of drug-likeness (QED) is 0.170. The number of hydrogen-bond acceptors (Lipinski definition) is 6. The SMILES string of the molecule is CCCCCCCC[C@H](C)[C@H](CC(=O)N1C2CCCCC2C[C@@H]1C(=O)N[C@@H](C)C(=O)O)OC(=O)[C@H](N)[C@@H](C)CC. The standard InChI is InChI=1S/C31H55N3O6/c1-6-8-9-10-11-12-15-21(4)26(40-31(39)28(32)20(3)7-2)19-27(35)34-24-17-14-13-16-23(24)18-25(34)29(36)33-22(5)30(37)38/h20-26,28H,6-19,32H2,1-5H3,(H,33,36)(H,37,38)/t20-,21-,22-,23?,24?,25+,26-,28+/m0/s1. The number of amides is 2. The first-order valence-corrected chi connectivity index (χ1v) is 15.8. The number of unbranched alkanes of at least 4 members (excludes halogenated alkanes) is 5. The zero-order valence-corrected chi connectivity index (χ0v) is 25.5. The highest BCUT2D eigenvalue weighted by molar-refractivity contribution is 5.91. The van der Waals surface area contributed by atoms with Crippen molar-refractivity contribution in [3.63, 3.8) is 0 Å². The number of carboxylic acids is 1. The van der Waals surface area contributed by atoms with Gasteiger partial charge in [-0.25, -0.2) is 0 Å². The van der Waals surface area contributed by atoms with Gasteiger partial charge in [0, 0.05) is 6.04 Å². The molecule has 9 nitrogen and oxygen atoms in total. The number of esters is 1. The van der Waals surface area contributed by atoms with Gasteiger partial charge >= 0.3 is 11.9 Å². The number of carbonyl (C=O) groups excluding carboxylic acids is 3. The monoisotopic (exact) mass is 565 g/mol. The lowest BCUT2D eigenvalue weighted by Gasteiger charge is -2.35. The van der Waals surface area contributed by atoms with Crippen LogP contribution in [-0.2, 0) is 23.9 Å². The van der Waals surface area contributed by atoms with Crippen LogP contribution in [0.15, 0.2) is 0 Å². The molecule has 1 aliphatic carbocycles. The third-order valence-corrected chi connectivity index (χ3v) is 9.23. The van der Waals surface area contributed by atoms with E-state index in [4.69, 9.17) is 10.5 Å². The molecular weight excluding hydrogens is 510 g/mol. The van der Waals surface area contributed by atoms with Crippen LogP contribution in [0.25, 0.3) is 0 Å². The van der Waals surface area contributed by atoms with E-state index in [0.29, 0.717) is 6.42 Å². The molecule has 4 N–H and O–H groups in total.